The first-order valence-corrected chi connectivity index (χ1v) is 7.61. The fourth-order valence-corrected chi connectivity index (χ4v) is 2.84. The molecule has 1 aromatic carbocycles. The van der Waals surface area contributed by atoms with Crippen molar-refractivity contribution in [1.82, 2.24) is 4.57 Å². The molecule has 0 radical (unpaired) electrons. The highest BCUT2D eigenvalue weighted by atomic mass is 16.5. The van der Waals surface area contributed by atoms with Gasteiger partial charge in [-0.05, 0) is 39.0 Å². The molecule has 0 bridgehead atoms. The van der Waals surface area contributed by atoms with Crippen LogP contribution in [0.4, 0.5) is 5.69 Å². The molecule has 0 N–H and O–H groups in total. The minimum atomic E-state index is -0.0370. The van der Waals surface area contributed by atoms with Crippen molar-refractivity contribution in [3.05, 3.63) is 41.2 Å². The Morgan fingerprint density at radius 1 is 1.13 bits per heavy atom. The number of carbonyl (C=O) groups is 1. The van der Waals surface area contributed by atoms with Gasteiger partial charge in [0, 0.05) is 36.7 Å². The van der Waals surface area contributed by atoms with Crippen molar-refractivity contribution < 1.29 is 14.3 Å². The van der Waals surface area contributed by atoms with Crippen LogP contribution in [-0.2, 0) is 6.54 Å². The van der Waals surface area contributed by atoms with Gasteiger partial charge in [0.2, 0.25) is 0 Å². The van der Waals surface area contributed by atoms with Crippen LogP contribution >= 0.6 is 0 Å². The number of hydrogen-bond acceptors (Lipinski definition) is 3. The minimum absolute atomic E-state index is 0.0370. The average Bonchev–Trinajstić information content (AvgIpc) is 2.86. The summed E-state index contributed by atoms with van der Waals surface area (Å²) in [6.07, 6.45) is 0. The zero-order valence-corrected chi connectivity index (χ0v) is 14.6. The van der Waals surface area contributed by atoms with Gasteiger partial charge in [-0.2, -0.15) is 0 Å². The Bertz CT molecular complexity index is 719. The van der Waals surface area contributed by atoms with E-state index in [4.69, 9.17) is 9.47 Å². The van der Waals surface area contributed by atoms with Gasteiger partial charge in [-0.3, -0.25) is 4.79 Å². The normalized spacial score (nSPS) is 10.5. The van der Waals surface area contributed by atoms with Crippen molar-refractivity contribution in [3.63, 3.8) is 0 Å². The summed E-state index contributed by atoms with van der Waals surface area (Å²) in [5.74, 6) is 1.20. The molecule has 0 saturated heterocycles. The van der Waals surface area contributed by atoms with Crippen LogP contribution in [0.5, 0.6) is 11.5 Å². The van der Waals surface area contributed by atoms with E-state index in [-0.39, 0.29) is 5.91 Å². The van der Waals surface area contributed by atoms with Crippen LogP contribution in [0, 0.1) is 13.8 Å². The average molecular weight is 316 g/mol. The number of rotatable bonds is 5. The van der Waals surface area contributed by atoms with Gasteiger partial charge in [0.15, 0.2) is 11.5 Å². The summed E-state index contributed by atoms with van der Waals surface area (Å²) in [7, 11) is 4.94. The first-order chi connectivity index (χ1) is 10.9. The number of benzene rings is 1. The van der Waals surface area contributed by atoms with Crippen LogP contribution in [0.25, 0.3) is 0 Å². The molecule has 2 rings (SSSR count). The number of aryl methyl sites for hydroxylation is 1. The van der Waals surface area contributed by atoms with E-state index in [9.17, 15) is 4.79 Å². The molecule has 0 aliphatic rings. The van der Waals surface area contributed by atoms with Crippen LogP contribution in [0.1, 0.15) is 28.7 Å². The Balaban J connectivity index is 2.37. The number of nitrogens with zero attached hydrogens (tertiary/aromatic N) is 2. The van der Waals surface area contributed by atoms with Crippen LogP contribution in [0.15, 0.2) is 24.3 Å². The second-order valence-corrected chi connectivity index (χ2v) is 5.43. The summed E-state index contributed by atoms with van der Waals surface area (Å²) in [5, 5.41) is 0. The molecule has 0 aliphatic heterocycles. The maximum atomic E-state index is 12.8. The molecule has 23 heavy (non-hydrogen) atoms. The molecule has 1 aromatic heterocycles. The maximum Gasteiger partial charge on any atom is 0.259 e. The Hall–Kier alpha value is -2.43. The smallest absolute Gasteiger partial charge is 0.259 e. The molecule has 1 heterocycles. The lowest BCUT2D eigenvalue weighted by molar-refractivity contribution is 0.0992. The quantitative estimate of drug-likeness (QED) is 0.849. The van der Waals surface area contributed by atoms with E-state index in [1.54, 1.807) is 38.3 Å². The fourth-order valence-electron chi connectivity index (χ4n) is 2.84. The molecule has 0 unspecified atom stereocenters. The maximum absolute atomic E-state index is 12.8. The van der Waals surface area contributed by atoms with Gasteiger partial charge >= 0.3 is 0 Å². The van der Waals surface area contributed by atoms with E-state index >= 15 is 0 Å². The summed E-state index contributed by atoms with van der Waals surface area (Å²) < 4.78 is 12.7. The van der Waals surface area contributed by atoms with Crippen LogP contribution < -0.4 is 14.4 Å². The number of amides is 1. The molecule has 0 spiro atoms. The molecular formula is C18H24N2O3. The largest absolute Gasteiger partial charge is 0.493 e. The molecule has 2 aromatic rings. The molecule has 0 saturated carbocycles. The van der Waals surface area contributed by atoms with Crippen LogP contribution in [-0.4, -0.2) is 31.7 Å². The molecule has 5 heteroatoms. The van der Waals surface area contributed by atoms with E-state index in [1.807, 2.05) is 26.0 Å². The summed E-state index contributed by atoms with van der Waals surface area (Å²) in [4.78, 5) is 14.5. The Morgan fingerprint density at radius 3 is 2.30 bits per heavy atom. The monoisotopic (exact) mass is 316 g/mol. The summed E-state index contributed by atoms with van der Waals surface area (Å²) in [5.41, 5.74) is 3.56. The highest BCUT2D eigenvalue weighted by Gasteiger charge is 2.20. The number of carbonyl (C=O) groups excluding carboxylic acids is 1. The van der Waals surface area contributed by atoms with E-state index in [1.165, 1.54) is 0 Å². The minimum Gasteiger partial charge on any atom is -0.493 e. The number of methoxy groups -OCH3 is 2. The zero-order valence-electron chi connectivity index (χ0n) is 14.6. The van der Waals surface area contributed by atoms with Crippen LogP contribution in [0.3, 0.4) is 0 Å². The summed E-state index contributed by atoms with van der Waals surface area (Å²) in [6.45, 7) is 6.92. The third kappa shape index (κ3) is 3.04. The zero-order chi connectivity index (χ0) is 17.1. The van der Waals surface area contributed by atoms with Gasteiger partial charge in [0.25, 0.3) is 5.91 Å². The lowest BCUT2D eigenvalue weighted by Gasteiger charge is -2.19. The lowest BCUT2D eigenvalue weighted by Crippen LogP contribution is -2.26. The second-order valence-electron chi connectivity index (χ2n) is 5.43. The van der Waals surface area contributed by atoms with Gasteiger partial charge in [0.05, 0.1) is 19.8 Å². The molecule has 0 aliphatic carbocycles. The van der Waals surface area contributed by atoms with E-state index < -0.39 is 0 Å². The standard InChI is InChI=1S/C18H24N2O3/c1-7-20-12(2)10-15(13(20)3)18(21)19(4)14-8-9-16(22-5)17(11-14)23-6/h8-11H,7H2,1-6H3. The van der Waals surface area contributed by atoms with E-state index in [0.29, 0.717) is 11.5 Å². The number of ether oxygens (including phenoxy) is 2. The van der Waals surface area contributed by atoms with Crippen molar-refractivity contribution in [3.8, 4) is 11.5 Å². The SMILES string of the molecule is CCn1c(C)cc(C(=O)N(C)c2ccc(OC)c(OC)c2)c1C. The Kier molecular flexibility index (Phi) is 4.98. The van der Waals surface area contributed by atoms with Gasteiger partial charge in [-0.15, -0.1) is 0 Å². The third-order valence-corrected chi connectivity index (χ3v) is 4.18. The van der Waals surface area contributed by atoms with E-state index in [0.717, 1.165) is 29.2 Å². The molecule has 124 valence electrons. The Morgan fingerprint density at radius 2 is 1.78 bits per heavy atom. The van der Waals surface area contributed by atoms with Crippen molar-refractivity contribution in [2.45, 2.75) is 27.3 Å². The molecule has 0 fully saturated rings. The predicted octanol–water partition coefficient (Wildman–Crippen LogP) is 3.42. The Labute approximate surface area is 137 Å². The number of hydrogen-bond donors (Lipinski definition) is 0. The molecule has 1 amide bonds. The highest BCUT2D eigenvalue weighted by Crippen LogP contribution is 2.32. The van der Waals surface area contributed by atoms with Gasteiger partial charge in [-0.1, -0.05) is 0 Å². The molecular weight excluding hydrogens is 292 g/mol. The predicted molar refractivity (Wildman–Crippen MR) is 91.9 cm³/mol. The summed E-state index contributed by atoms with van der Waals surface area (Å²) in [6, 6.07) is 7.39. The fraction of sp³-hybridized carbons (Fsp3) is 0.389. The van der Waals surface area contributed by atoms with E-state index in [2.05, 4.69) is 11.5 Å². The van der Waals surface area contributed by atoms with Crippen molar-refractivity contribution >= 4 is 11.6 Å². The lowest BCUT2D eigenvalue weighted by atomic mass is 10.2. The first kappa shape index (κ1) is 16.9. The second kappa shape index (κ2) is 6.77. The van der Waals surface area contributed by atoms with Crippen molar-refractivity contribution in [2.24, 2.45) is 0 Å². The highest BCUT2D eigenvalue weighted by molar-refractivity contribution is 6.06. The number of anilines is 1. The first-order valence-electron chi connectivity index (χ1n) is 7.61. The molecule has 0 atom stereocenters. The summed E-state index contributed by atoms with van der Waals surface area (Å²) >= 11 is 0. The van der Waals surface area contributed by atoms with Crippen LogP contribution in [0.2, 0.25) is 0 Å². The van der Waals surface area contributed by atoms with Crippen molar-refractivity contribution in [1.29, 1.82) is 0 Å². The van der Waals surface area contributed by atoms with Crippen molar-refractivity contribution in [2.75, 3.05) is 26.2 Å². The van der Waals surface area contributed by atoms with Gasteiger partial charge in [0.1, 0.15) is 0 Å². The third-order valence-electron chi connectivity index (χ3n) is 4.18. The number of aromatic nitrogens is 1. The van der Waals surface area contributed by atoms with Gasteiger partial charge in [-0.25, -0.2) is 0 Å². The van der Waals surface area contributed by atoms with Gasteiger partial charge < -0.3 is 18.9 Å². The topological polar surface area (TPSA) is 43.7 Å². The molecule has 5 nitrogen and oxygen atoms in total.